The minimum atomic E-state index is -2.78. The molecule has 1 aromatic rings. The molecule has 0 bridgehead atoms. The van der Waals surface area contributed by atoms with E-state index in [9.17, 15) is 8.78 Å². The van der Waals surface area contributed by atoms with E-state index < -0.39 is 6.61 Å². The van der Waals surface area contributed by atoms with E-state index in [-0.39, 0.29) is 5.75 Å². The van der Waals surface area contributed by atoms with Crippen LogP contribution in [-0.2, 0) is 6.54 Å². The molecule has 1 aliphatic heterocycles. The highest BCUT2D eigenvalue weighted by atomic mass is 19.3. The average molecular weight is 284 g/mol. The fourth-order valence-corrected chi connectivity index (χ4v) is 2.76. The largest absolute Gasteiger partial charge is 0.434 e. The lowest BCUT2D eigenvalue weighted by Gasteiger charge is -2.36. The Morgan fingerprint density at radius 1 is 1.40 bits per heavy atom. The highest BCUT2D eigenvalue weighted by Crippen LogP contribution is 2.26. The Hall–Kier alpha value is -1.20. The van der Waals surface area contributed by atoms with Crippen LogP contribution in [0.3, 0.4) is 0 Å². The van der Waals surface area contributed by atoms with E-state index in [4.69, 9.17) is 5.73 Å². The van der Waals surface area contributed by atoms with Crippen LogP contribution in [0.5, 0.6) is 5.75 Å². The first-order valence-corrected chi connectivity index (χ1v) is 7.05. The highest BCUT2D eigenvalue weighted by Gasteiger charge is 2.25. The Kier molecular flexibility index (Phi) is 5.31. The Labute approximate surface area is 118 Å². The number of benzene rings is 1. The summed E-state index contributed by atoms with van der Waals surface area (Å²) in [5.74, 6) is 1.38. The van der Waals surface area contributed by atoms with Gasteiger partial charge in [-0.25, -0.2) is 0 Å². The molecule has 5 heteroatoms. The van der Waals surface area contributed by atoms with E-state index in [1.54, 1.807) is 12.1 Å². The van der Waals surface area contributed by atoms with Gasteiger partial charge in [0.2, 0.25) is 0 Å². The van der Waals surface area contributed by atoms with Gasteiger partial charge in [-0.15, -0.1) is 0 Å². The number of rotatable bonds is 5. The van der Waals surface area contributed by atoms with Crippen molar-refractivity contribution < 1.29 is 13.5 Å². The van der Waals surface area contributed by atoms with Crippen LogP contribution in [0, 0.1) is 11.8 Å². The normalized spacial score (nSPS) is 24.1. The van der Waals surface area contributed by atoms with Gasteiger partial charge < -0.3 is 10.5 Å². The second-order valence-corrected chi connectivity index (χ2v) is 5.48. The maximum atomic E-state index is 12.4. The molecule has 2 unspecified atom stereocenters. The van der Waals surface area contributed by atoms with Crippen LogP contribution >= 0.6 is 0 Å². The van der Waals surface area contributed by atoms with E-state index in [2.05, 4.69) is 16.6 Å². The van der Waals surface area contributed by atoms with Gasteiger partial charge >= 0.3 is 6.61 Å². The summed E-state index contributed by atoms with van der Waals surface area (Å²) in [6.45, 7) is 2.64. The van der Waals surface area contributed by atoms with Gasteiger partial charge in [0, 0.05) is 18.7 Å². The summed E-state index contributed by atoms with van der Waals surface area (Å²) in [6, 6.07) is 6.99. The van der Waals surface area contributed by atoms with Crippen LogP contribution in [-0.4, -0.2) is 31.1 Å². The molecule has 0 aliphatic carbocycles. The molecule has 0 aromatic heterocycles. The molecule has 2 atom stereocenters. The molecule has 1 fully saturated rings. The predicted molar refractivity (Wildman–Crippen MR) is 74.7 cm³/mol. The number of ether oxygens (including phenoxy) is 1. The summed E-state index contributed by atoms with van der Waals surface area (Å²) in [4.78, 5) is 2.27. The number of hydrogen-bond donors (Lipinski definition) is 1. The number of alkyl halides is 2. The van der Waals surface area contributed by atoms with Crippen molar-refractivity contribution in [3.63, 3.8) is 0 Å². The minimum absolute atomic E-state index is 0.269. The maximum absolute atomic E-state index is 12.4. The van der Waals surface area contributed by atoms with E-state index in [1.165, 1.54) is 0 Å². The fraction of sp³-hybridized carbons (Fsp3) is 0.600. The topological polar surface area (TPSA) is 38.5 Å². The molecule has 1 aromatic carbocycles. The first-order valence-electron chi connectivity index (χ1n) is 7.05. The van der Waals surface area contributed by atoms with Gasteiger partial charge in [-0.3, -0.25) is 4.90 Å². The van der Waals surface area contributed by atoms with Gasteiger partial charge in [0.15, 0.2) is 0 Å². The molecule has 20 heavy (non-hydrogen) atoms. The van der Waals surface area contributed by atoms with Crippen molar-refractivity contribution in [3.05, 3.63) is 29.8 Å². The van der Waals surface area contributed by atoms with Crippen molar-refractivity contribution in [3.8, 4) is 5.75 Å². The van der Waals surface area contributed by atoms with Crippen LogP contribution in [0.25, 0.3) is 0 Å². The summed E-state index contributed by atoms with van der Waals surface area (Å²) in [5, 5.41) is 0. The van der Waals surface area contributed by atoms with Gasteiger partial charge in [0.05, 0.1) is 0 Å². The van der Waals surface area contributed by atoms with Crippen molar-refractivity contribution >= 4 is 0 Å². The summed E-state index contributed by atoms with van der Waals surface area (Å²) >= 11 is 0. The molecule has 2 rings (SSSR count). The molecule has 2 N–H and O–H groups in total. The second kappa shape index (κ2) is 6.99. The van der Waals surface area contributed by atoms with Gasteiger partial charge in [-0.05, 0) is 37.4 Å². The van der Waals surface area contributed by atoms with Gasteiger partial charge in [-0.1, -0.05) is 25.1 Å². The minimum Gasteiger partial charge on any atom is -0.434 e. The molecule has 0 radical (unpaired) electrons. The van der Waals surface area contributed by atoms with E-state index in [0.717, 1.165) is 25.1 Å². The van der Waals surface area contributed by atoms with Gasteiger partial charge in [-0.2, -0.15) is 8.78 Å². The van der Waals surface area contributed by atoms with Crippen LogP contribution in [0.4, 0.5) is 8.78 Å². The van der Waals surface area contributed by atoms with Crippen LogP contribution in [0.2, 0.25) is 0 Å². The molecular weight excluding hydrogens is 262 g/mol. The highest BCUT2D eigenvalue weighted by molar-refractivity contribution is 5.33. The zero-order chi connectivity index (χ0) is 14.5. The third kappa shape index (κ3) is 3.90. The summed E-state index contributed by atoms with van der Waals surface area (Å²) in [6.07, 6.45) is 1.10. The van der Waals surface area contributed by atoms with Gasteiger partial charge in [0.1, 0.15) is 5.75 Å². The first kappa shape index (κ1) is 15.2. The average Bonchev–Trinajstić information content (AvgIpc) is 2.42. The third-order valence-corrected chi connectivity index (χ3v) is 4.08. The monoisotopic (exact) mass is 284 g/mol. The number of nitrogens with two attached hydrogens (primary N) is 1. The van der Waals surface area contributed by atoms with E-state index in [1.807, 2.05) is 12.1 Å². The van der Waals surface area contributed by atoms with Crippen molar-refractivity contribution in [2.75, 3.05) is 19.6 Å². The summed E-state index contributed by atoms with van der Waals surface area (Å²) < 4.78 is 29.4. The second-order valence-electron chi connectivity index (χ2n) is 5.48. The zero-order valence-corrected chi connectivity index (χ0v) is 11.8. The lowest BCUT2D eigenvalue weighted by atomic mass is 9.87. The number of halogens is 2. The molecule has 0 saturated carbocycles. The van der Waals surface area contributed by atoms with E-state index >= 15 is 0 Å². The molecule has 1 heterocycles. The fourth-order valence-electron chi connectivity index (χ4n) is 2.76. The standard InChI is InChI=1S/C15H22F2N2O/c1-11-6-7-19(10-13(11)8-18)9-12-4-2-3-5-14(12)20-15(16)17/h2-5,11,13,15H,6-10,18H2,1H3. The molecular formula is C15H22F2N2O. The number of hydrogen-bond acceptors (Lipinski definition) is 3. The lowest BCUT2D eigenvalue weighted by molar-refractivity contribution is -0.0509. The summed E-state index contributed by atoms with van der Waals surface area (Å²) in [5.41, 5.74) is 6.60. The van der Waals surface area contributed by atoms with Crippen LogP contribution in [0.1, 0.15) is 18.9 Å². The number of likely N-dealkylation sites (tertiary alicyclic amines) is 1. The molecule has 1 aliphatic rings. The van der Waals surface area contributed by atoms with E-state index in [0.29, 0.717) is 24.9 Å². The van der Waals surface area contributed by atoms with Crippen molar-refractivity contribution in [2.45, 2.75) is 26.5 Å². The van der Waals surface area contributed by atoms with Crippen molar-refractivity contribution in [1.29, 1.82) is 0 Å². The van der Waals surface area contributed by atoms with Crippen molar-refractivity contribution in [2.24, 2.45) is 17.6 Å². The predicted octanol–water partition coefficient (Wildman–Crippen LogP) is 2.70. The quantitative estimate of drug-likeness (QED) is 0.903. The summed E-state index contributed by atoms with van der Waals surface area (Å²) in [7, 11) is 0. The Morgan fingerprint density at radius 2 is 2.15 bits per heavy atom. The number of nitrogens with zero attached hydrogens (tertiary/aromatic N) is 1. The van der Waals surface area contributed by atoms with Crippen molar-refractivity contribution in [1.82, 2.24) is 4.90 Å². The third-order valence-electron chi connectivity index (χ3n) is 4.08. The van der Waals surface area contributed by atoms with Crippen LogP contribution in [0.15, 0.2) is 24.3 Å². The Bertz CT molecular complexity index is 428. The lowest BCUT2D eigenvalue weighted by Crippen LogP contribution is -2.42. The number of para-hydroxylation sites is 1. The molecule has 1 saturated heterocycles. The SMILES string of the molecule is CC1CCN(Cc2ccccc2OC(F)F)CC1CN. The maximum Gasteiger partial charge on any atom is 0.387 e. The molecule has 0 amide bonds. The molecule has 112 valence electrons. The Balaban J connectivity index is 2.03. The molecule has 0 spiro atoms. The Morgan fingerprint density at radius 3 is 2.85 bits per heavy atom. The molecule has 3 nitrogen and oxygen atoms in total. The van der Waals surface area contributed by atoms with Crippen LogP contribution < -0.4 is 10.5 Å². The first-order chi connectivity index (χ1) is 9.60. The zero-order valence-electron chi connectivity index (χ0n) is 11.8. The number of piperidine rings is 1. The smallest absolute Gasteiger partial charge is 0.387 e. The van der Waals surface area contributed by atoms with Gasteiger partial charge in [0.25, 0.3) is 0 Å².